The van der Waals surface area contributed by atoms with E-state index in [1.807, 2.05) is 13.8 Å². The summed E-state index contributed by atoms with van der Waals surface area (Å²) in [6.07, 6.45) is 1.08. The summed E-state index contributed by atoms with van der Waals surface area (Å²) in [4.78, 5) is 12.1. The Labute approximate surface area is 138 Å². The molecule has 6 nitrogen and oxygen atoms in total. The smallest absolute Gasteiger partial charge is 0.251 e. The van der Waals surface area contributed by atoms with Gasteiger partial charge in [-0.05, 0) is 38.1 Å². The van der Waals surface area contributed by atoms with E-state index in [1.165, 1.54) is 0 Å². The molecule has 0 aliphatic carbocycles. The van der Waals surface area contributed by atoms with E-state index in [9.17, 15) is 13.2 Å². The van der Waals surface area contributed by atoms with Crippen LogP contribution in [0.25, 0.3) is 0 Å². The minimum atomic E-state index is -3.37. The van der Waals surface area contributed by atoms with Gasteiger partial charge >= 0.3 is 0 Å². The van der Waals surface area contributed by atoms with E-state index in [1.54, 1.807) is 25.1 Å². The molecule has 0 saturated carbocycles. The van der Waals surface area contributed by atoms with Crippen LogP contribution in [-0.4, -0.2) is 39.7 Å². The number of hydrogen-bond donors (Lipinski definition) is 3. The summed E-state index contributed by atoms with van der Waals surface area (Å²) in [7, 11) is -3.37. The van der Waals surface area contributed by atoms with E-state index in [2.05, 4.69) is 15.4 Å². The highest BCUT2D eigenvalue weighted by molar-refractivity contribution is 7.92. The summed E-state index contributed by atoms with van der Waals surface area (Å²) in [5.74, 6) is -0.226. The van der Waals surface area contributed by atoms with Crippen molar-refractivity contribution in [1.29, 1.82) is 0 Å². The fraction of sp³-hybridized carbons (Fsp3) is 0.500. The number of rotatable bonds is 7. The molecule has 0 aliphatic rings. The van der Waals surface area contributed by atoms with Gasteiger partial charge in [-0.25, -0.2) is 8.42 Å². The van der Waals surface area contributed by atoms with Gasteiger partial charge in [-0.1, -0.05) is 13.0 Å². The van der Waals surface area contributed by atoms with Crippen molar-refractivity contribution >= 4 is 34.0 Å². The van der Waals surface area contributed by atoms with Gasteiger partial charge < -0.3 is 10.6 Å². The number of likely N-dealkylation sites (N-methyl/N-ethyl adjacent to an activating group) is 1. The van der Waals surface area contributed by atoms with Crippen LogP contribution in [0.4, 0.5) is 5.69 Å². The third kappa shape index (κ3) is 7.11. The van der Waals surface area contributed by atoms with Crippen molar-refractivity contribution in [2.24, 2.45) is 0 Å². The Morgan fingerprint density at radius 2 is 1.95 bits per heavy atom. The second kappa shape index (κ2) is 8.97. The fourth-order valence-corrected chi connectivity index (χ4v) is 2.46. The molecule has 22 heavy (non-hydrogen) atoms. The minimum Gasteiger partial charge on any atom is -0.350 e. The number of hydrogen-bond acceptors (Lipinski definition) is 4. The molecule has 1 aromatic carbocycles. The summed E-state index contributed by atoms with van der Waals surface area (Å²) in [6, 6.07) is 5.12. The maximum absolute atomic E-state index is 12.1. The van der Waals surface area contributed by atoms with Gasteiger partial charge in [-0.15, -0.1) is 12.4 Å². The predicted octanol–water partition coefficient (Wildman–Crippen LogP) is 1.52. The maximum Gasteiger partial charge on any atom is 0.251 e. The number of carbonyl (C=O) groups is 1. The normalized spacial score (nSPS) is 12.2. The van der Waals surface area contributed by atoms with Crippen LogP contribution in [0.1, 0.15) is 29.8 Å². The third-order valence-electron chi connectivity index (χ3n) is 2.92. The lowest BCUT2D eigenvalue weighted by Gasteiger charge is -2.14. The number of carbonyl (C=O) groups excluding carboxylic acids is 1. The van der Waals surface area contributed by atoms with Crippen molar-refractivity contribution in [3.8, 4) is 0 Å². The fourth-order valence-electron chi connectivity index (χ4n) is 1.84. The Hall–Kier alpha value is -1.31. The lowest BCUT2D eigenvalue weighted by molar-refractivity contribution is 0.0950. The number of sulfonamides is 1. The van der Waals surface area contributed by atoms with Crippen molar-refractivity contribution in [1.82, 2.24) is 10.6 Å². The summed E-state index contributed by atoms with van der Waals surface area (Å²) in [5, 5.41) is 6.01. The standard InChI is InChI=1S/C14H23N3O3S.ClH/c1-5-15-11(3)9-16-14(18)12-7-6-10(2)13(8-12)17-21(4,19)20;/h6-8,11,15,17H,5,9H2,1-4H3,(H,16,18);1H/t11-;/m1./s1. The van der Waals surface area contributed by atoms with Gasteiger partial charge in [0.15, 0.2) is 0 Å². The largest absolute Gasteiger partial charge is 0.350 e. The Morgan fingerprint density at radius 1 is 1.32 bits per heavy atom. The van der Waals surface area contributed by atoms with Crippen LogP contribution in [0.5, 0.6) is 0 Å². The Bertz CT molecular complexity index is 605. The molecule has 0 spiro atoms. The molecule has 1 rings (SSSR count). The number of aryl methyl sites for hydroxylation is 1. The lowest BCUT2D eigenvalue weighted by Crippen LogP contribution is -2.38. The Morgan fingerprint density at radius 3 is 2.50 bits per heavy atom. The zero-order chi connectivity index (χ0) is 16.0. The molecule has 1 amide bonds. The summed E-state index contributed by atoms with van der Waals surface area (Å²) < 4.78 is 25.0. The van der Waals surface area contributed by atoms with Crippen LogP contribution in [0.2, 0.25) is 0 Å². The molecule has 0 saturated heterocycles. The van der Waals surface area contributed by atoms with Crippen molar-refractivity contribution in [2.45, 2.75) is 26.8 Å². The van der Waals surface area contributed by atoms with E-state index in [0.717, 1.165) is 18.4 Å². The van der Waals surface area contributed by atoms with Crippen LogP contribution in [0.15, 0.2) is 18.2 Å². The first-order valence-electron chi connectivity index (χ1n) is 6.83. The molecule has 126 valence electrons. The highest BCUT2D eigenvalue weighted by Crippen LogP contribution is 2.18. The molecule has 1 atom stereocenters. The van der Waals surface area contributed by atoms with Gasteiger partial charge in [0.1, 0.15) is 0 Å². The molecule has 0 bridgehead atoms. The SMILES string of the molecule is CCN[C@H](C)CNC(=O)c1ccc(C)c(NS(C)(=O)=O)c1.Cl. The third-order valence-corrected chi connectivity index (χ3v) is 3.51. The van der Waals surface area contributed by atoms with E-state index < -0.39 is 10.0 Å². The number of benzene rings is 1. The van der Waals surface area contributed by atoms with Gasteiger partial charge in [0.25, 0.3) is 5.91 Å². The van der Waals surface area contributed by atoms with Crippen molar-refractivity contribution < 1.29 is 13.2 Å². The predicted molar refractivity (Wildman–Crippen MR) is 92.4 cm³/mol. The molecule has 0 radical (unpaired) electrons. The first-order chi connectivity index (χ1) is 9.73. The molecular weight excluding hydrogens is 326 g/mol. The topological polar surface area (TPSA) is 87.3 Å². The molecular formula is C14H24ClN3O3S. The Kier molecular flexibility index (Phi) is 8.44. The molecule has 0 aliphatic heterocycles. The Balaban J connectivity index is 0.00000441. The van der Waals surface area contributed by atoms with E-state index >= 15 is 0 Å². The van der Waals surface area contributed by atoms with Gasteiger partial charge in [-0.2, -0.15) is 0 Å². The molecule has 0 unspecified atom stereocenters. The average molecular weight is 350 g/mol. The van der Waals surface area contributed by atoms with Crippen molar-refractivity contribution in [3.05, 3.63) is 29.3 Å². The van der Waals surface area contributed by atoms with Crippen LogP contribution >= 0.6 is 12.4 Å². The highest BCUT2D eigenvalue weighted by atomic mass is 35.5. The van der Waals surface area contributed by atoms with E-state index in [4.69, 9.17) is 0 Å². The number of halogens is 1. The molecule has 0 heterocycles. The van der Waals surface area contributed by atoms with E-state index in [0.29, 0.717) is 17.8 Å². The highest BCUT2D eigenvalue weighted by Gasteiger charge is 2.11. The number of amides is 1. The molecule has 3 N–H and O–H groups in total. The summed E-state index contributed by atoms with van der Waals surface area (Å²) in [5.41, 5.74) is 1.61. The average Bonchev–Trinajstić information content (AvgIpc) is 2.37. The number of nitrogens with one attached hydrogen (secondary N) is 3. The van der Waals surface area contributed by atoms with Crippen molar-refractivity contribution in [2.75, 3.05) is 24.1 Å². The molecule has 0 aromatic heterocycles. The van der Waals surface area contributed by atoms with Gasteiger partial charge in [0, 0.05) is 18.2 Å². The molecule has 8 heteroatoms. The quantitative estimate of drug-likeness (QED) is 0.696. The van der Waals surface area contributed by atoms with Crippen LogP contribution in [0.3, 0.4) is 0 Å². The van der Waals surface area contributed by atoms with Gasteiger partial charge in [-0.3, -0.25) is 9.52 Å². The second-order valence-electron chi connectivity index (χ2n) is 5.07. The second-order valence-corrected chi connectivity index (χ2v) is 6.82. The summed E-state index contributed by atoms with van der Waals surface area (Å²) >= 11 is 0. The van der Waals surface area contributed by atoms with Gasteiger partial charge in [0.2, 0.25) is 10.0 Å². The first-order valence-corrected chi connectivity index (χ1v) is 8.72. The van der Waals surface area contributed by atoms with E-state index in [-0.39, 0.29) is 24.4 Å². The molecule has 0 fully saturated rings. The zero-order valence-electron chi connectivity index (χ0n) is 13.3. The van der Waals surface area contributed by atoms with Crippen molar-refractivity contribution in [3.63, 3.8) is 0 Å². The zero-order valence-corrected chi connectivity index (χ0v) is 14.9. The lowest BCUT2D eigenvalue weighted by atomic mass is 10.1. The van der Waals surface area contributed by atoms with Gasteiger partial charge in [0.05, 0.1) is 11.9 Å². The molecule has 1 aromatic rings. The minimum absolute atomic E-state index is 0. The van der Waals surface area contributed by atoms with Crippen LogP contribution in [-0.2, 0) is 10.0 Å². The summed E-state index contributed by atoms with van der Waals surface area (Å²) in [6.45, 7) is 7.11. The first kappa shape index (κ1) is 20.7. The van der Waals surface area contributed by atoms with Crippen LogP contribution < -0.4 is 15.4 Å². The van der Waals surface area contributed by atoms with Crippen LogP contribution in [0, 0.1) is 6.92 Å². The number of anilines is 1. The monoisotopic (exact) mass is 349 g/mol. The maximum atomic E-state index is 12.1.